The fraction of sp³-hybridized carbons (Fsp3) is 0.176. The van der Waals surface area contributed by atoms with E-state index in [0.717, 1.165) is 11.7 Å². The van der Waals surface area contributed by atoms with E-state index in [2.05, 4.69) is 14.1 Å². The van der Waals surface area contributed by atoms with Gasteiger partial charge in [0.25, 0.3) is 5.91 Å². The highest BCUT2D eigenvalue weighted by Gasteiger charge is 2.29. The number of carbonyl (C=O) groups is 2. The molecule has 1 aromatic heterocycles. The average Bonchev–Trinajstić information content (AvgIpc) is 3.15. The summed E-state index contributed by atoms with van der Waals surface area (Å²) in [6.45, 7) is -0.407. The number of rotatable bonds is 4. The smallest absolute Gasteiger partial charge is 0.351 e. The van der Waals surface area contributed by atoms with Crippen LogP contribution in [0.4, 0.5) is 5.69 Å². The molecule has 0 bridgehead atoms. The number of nitrogens with one attached hydrogen (secondary N) is 1. The van der Waals surface area contributed by atoms with Gasteiger partial charge in [-0.25, -0.2) is 4.79 Å². The number of amides is 1. The van der Waals surface area contributed by atoms with Gasteiger partial charge in [0.1, 0.15) is 17.6 Å². The molecule has 1 unspecified atom stereocenters. The van der Waals surface area contributed by atoms with Crippen molar-refractivity contribution in [1.82, 2.24) is 8.75 Å². The van der Waals surface area contributed by atoms with Crippen LogP contribution < -0.4 is 14.8 Å². The van der Waals surface area contributed by atoms with Gasteiger partial charge in [0.15, 0.2) is 18.1 Å². The lowest BCUT2D eigenvalue weighted by Crippen LogP contribution is -2.39. The maximum atomic E-state index is 12.1. The van der Waals surface area contributed by atoms with Gasteiger partial charge in [-0.2, -0.15) is 8.75 Å². The summed E-state index contributed by atoms with van der Waals surface area (Å²) in [6, 6.07) is 12.3. The van der Waals surface area contributed by atoms with E-state index in [4.69, 9.17) is 14.2 Å². The normalized spacial score (nSPS) is 15.5. The standard InChI is InChI=1S/C17H13N3O5S/c21-15(18-10-4-3-5-11-16(10)20-26-19-11)9-24-17(22)14-8-23-12-6-1-2-7-13(12)25-14/h1-7,14H,8-9H2,(H,18,21). The van der Waals surface area contributed by atoms with Gasteiger partial charge in [0.2, 0.25) is 6.10 Å². The topological polar surface area (TPSA) is 99.6 Å². The van der Waals surface area contributed by atoms with E-state index in [1.807, 2.05) is 6.07 Å². The lowest BCUT2D eigenvalue weighted by atomic mass is 10.2. The van der Waals surface area contributed by atoms with Crippen molar-refractivity contribution in [2.45, 2.75) is 6.10 Å². The number of nitrogens with zero attached hydrogens (tertiary/aromatic N) is 2. The molecule has 1 aliphatic heterocycles. The minimum absolute atomic E-state index is 0.0290. The van der Waals surface area contributed by atoms with E-state index in [1.54, 1.807) is 36.4 Å². The third-order valence-corrected chi connectivity index (χ3v) is 4.22. The molecule has 0 saturated carbocycles. The fourth-order valence-electron chi connectivity index (χ4n) is 2.46. The van der Waals surface area contributed by atoms with Gasteiger partial charge < -0.3 is 19.5 Å². The van der Waals surface area contributed by atoms with E-state index < -0.39 is 24.6 Å². The molecule has 2 aromatic carbocycles. The number of carbonyl (C=O) groups excluding carboxylic acids is 2. The largest absolute Gasteiger partial charge is 0.485 e. The molecule has 0 fully saturated rings. The lowest BCUT2D eigenvalue weighted by Gasteiger charge is -2.24. The zero-order valence-electron chi connectivity index (χ0n) is 13.4. The van der Waals surface area contributed by atoms with Crippen LogP contribution in [0, 0.1) is 0 Å². The number of hydrogen-bond donors (Lipinski definition) is 1. The van der Waals surface area contributed by atoms with Crippen LogP contribution in [0.25, 0.3) is 11.0 Å². The minimum atomic E-state index is -0.913. The number of anilines is 1. The van der Waals surface area contributed by atoms with Crippen LogP contribution in [-0.4, -0.2) is 39.9 Å². The van der Waals surface area contributed by atoms with E-state index in [-0.39, 0.29) is 6.61 Å². The molecule has 1 N–H and O–H groups in total. The summed E-state index contributed by atoms with van der Waals surface area (Å²) in [6.07, 6.45) is -0.913. The third kappa shape index (κ3) is 3.29. The van der Waals surface area contributed by atoms with Crippen LogP contribution in [0.1, 0.15) is 0 Å². The predicted octanol–water partition coefficient (Wildman–Crippen LogP) is 2.01. The molecule has 9 heteroatoms. The molecular formula is C17H13N3O5S. The first kappa shape index (κ1) is 16.3. The Morgan fingerprint density at radius 3 is 2.88 bits per heavy atom. The van der Waals surface area contributed by atoms with Gasteiger partial charge in [-0.1, -0.05) is 18.2 Å². The Labute approximate surface area is 152 Å². The van der Waals surface area contributed by atoms with E-state index in [9.17, 15) is 9.59 Å². The van der Waals surface area contributed by atoms with Crippen molar-refractivity contribution in [2.75, 3.05) is 18.5 Å². The number of aromatic nitrogens is 2. The van der Waals surface area contributed by atoms with Crippen LogP contribution in [0.3, 0.4) is 0 Å². The first-order valence-electron chi connectivity index (χ1n) is 7.77. The summed E-state index contributed by atoms with van der Waals surface area (Å²) in [5, 5.41) is 2.66. The molecule has 2 heterocycles. The molecule has 0 radical (unpaired) electrons. The quantitative estimate of drug-likeness (QED) is 0.700. The second-order valence-electron chi connectivity index (χ2n) is 5.46. The molecule has 26 heavy (non-hydrogen) atoms. The van der Waals surface area contributed by atoms with Crippen molar-refractivity contribution in [1.29, 1.82) is 0 Å². The second-order valence-corrected chi connectivity index (χ2v) is 5.99. The molecule has 0 saturated heterocycles. The summed E-state index contributed by atoms with van der Waals surface area (Å²) in [5.41, 5.74) is 1.80. The van der Waals surface area contributed by atoms with Crippen LogP contribution in [0.15, 0.2) is 42.5 Å². The number of fused-ring (bicyclic) bond motifs is 2. The third-order valence-electron chi connectivity index (χ3n) is 3.68. The van der Waals surface area contributed by atoms with Crippen molar-refractivity contribution in [3.05, 3.63) is 42.5 Å². The van der Waals surface area contributed by atoms with Crippen molar-refractivity contribution < 1.29 is 23.8 Å². The highest BCUT2D eigenvalue weighted by atomic mass is 32.1. The maximum absolute atomic E-state index is 12.1. The number of ether oxygens (including phenoxy) is 3. The van der Waals surface area contributed by atoms with Crippen LogP contribution in [0.5, 0.6) is 11.5 Å². The van der Waals surface area contributed by atoms with E-state index in [1.165, 1.54) is 0 Å². The first-order valence-corrected chi connectivity index (χ1v) is 8.50. The molecule has 132 valence electrons. The Morgan fingerprint density at radius 1 is 1.15 bits per heavy atom. The summed E-state index contributed by atoms with van der Waals surface area (Å²) < 4.78 is 24.3. The van der Waals surface area contributed by atoms with Gasteiger partial charge in [0.05, 0.1) is 17.4 Å². The number of hydrogen-bond acceptors (Lipinski definition) is 8. The average molecular weight is 371 g/mol. The zero-order valence-corrected chi connectivity index (χ0v) is 14.2. The second kappa shape index (κ2) is 6.96. The number of benzene rings is 2. The Kier molecular flexibility index (Phi) is 4.36. The van der Waals surface area contributed by atoms with Crippen LogP contribution in [0.2, 0.25) is 0 Å². The highest BCUT2D eigenvalue weighted by Crippen LogP contribution is 2.31. The van der Waals surface area contributed by atoms with Gasteiger partial charge in [-0.05, 0) is 24.3 Å². The van der Waals surface area contributed by atoms with Crippen LogP contribution >= 0.6 is 11.7 Å². The highest BCUT2D eigenvalue weighted by molar-refractivity contribution is 7.00. The molecule has 8 nitrogen and oxygen atoms in total. The van der Waals surface area contributed by atoms with E-state index in [0.29, 0.717) is 28.2 Å². The first-order chi connectivity index (χ1) is 12.7. The molecule has 1 amide bonds. The zero-order chi connectivity index (χ0) is 17.9. The molecule has 3 aromatic rings. The Morgan fingerprint density at radius 2 is 2.00 bits per heavy atom. The van der Waals surface area contributed by atoms with Crippen molar-refractivity contribution in [2.24, 2.45) is 0 Å². The fourth-order valence-corrected chi connectivity index (χ4v) is 3.01. The Hall–Kier alpha value is -3.20. The van der Waals surface area contributed by atoms with Gasteiger partial charge in [-0.15, -0.1) is 0 Å². The van der Waals surface area contributed by atoms with Crippen molar-refractivity contribution in [3.8, 4) is 11.5 Å². The summed E-state index contributed by atoms with van der Waals surface area (Å²) >= 11 is 1.06. The summed E-state index contributed by atoms with van der Waals surface area (Å²) in [4.78, 5) is 24.2. The SMILES string of the molecule is O=C(COC(=O)C1COc2ccccc2O1)Nc1cccc2nsnc12. The molecular weight excluding hydrogens is 358 g/mol. The van der Waals surface area contributed by atoms with Crippen LogP contribution in [-0.2, 0) is 14.3 Å². The lowest BCUT2D eigenvalue weighted by molar-refractivity contribution is -0.156. The molecule has 0 aliphatic carbocycles. The molecule has 1 atom stereocenters. The number of esters is 1. The maximum Gasteiger partial charge on any atom is 0.351 e. The molecule has 4 rings (SSSR count). The monoisotopic (exact) mass is 371 g/mol. The molecule has 1 aliphatic rings. The minimum Gasteiger partial charge on any atom is -0.485 e. The predicted molar refractivity (Wildman–Crippen MR) is 93.4 cm³/mol. The Bertz CT molecular complexity index is 974. The summed E-state index contributed by atoms with van der Waals surface area (Å²) in [5.74, 6) is -0.105. The van der Waals surface area contributed by atoms with Gasteiger partial charge in [0, 0.05) is 0 Å². The molecule has 0 spiro atoms. The summed E-state index contributed by atoms with van der Waals surface area (Å²) in [7, 11) is 0. The van der Waals surface area contributed by atoms with Gasteiger partial charge >= 0.3 is 5.97 Å². The van der Waals surface area contributed by atoms with Crippen molar-refractivity contribution in [3.63, 3.8) is 0 Å². The number of para-hydroxylation sites is 2. The van der Waals surface area contributed by atoms with E-state index >= 15 is 0 Å². The van der Waals surface area contributed by atoms with Crippen molar-refractivity contribution >= 4 is 40.3 Å². The Balaban J connectivity index is 1.33. The van der Waals surface area contributed by atoms with Gasteiger partial charge in [-0.3, -0.25) is 4.79 Å².